The van der Waals surface area contributed by atoms with Gasteiger partial charge in [0.05, 0.1) is 24.6 Å². The third-order valence-corrected chi connectivity index (χ3v) is 14.5. The van der Waals surface area contributed by atoms with Crippen LogP contribution in [0.5, 0.6) is 5.75 Å². The maximum Gasteiger partial charge on any atom is 0.410 e. The van der Waals surface area contributed by atoms with E-state index in [0.29, 0.717) is 28.4 Å². The Kier molecular flexibility index (Phi) is 10.7. The summed E-state index contributed by atoms with van der Waals surface area (Å²) in [6.07, 6.45) is -2.44. The number of carboxylic acid groups (broad SMARTS) is 1. The Labute approximate surface area is 255 Å². The zero-order valence-electron chi connectivity index (χ0n) is 26.8. The summed E-state index contributed by atoms with van der Waals surface area (Å²) in [6.45, 7) is 18.4. The highest BCUT2D eigenvalue weighted by Gasteiger charge is 2.48. The van der Waals surface area contributed by atoms with Crippen molar-refractivity contribution in [1.82, 2.24) is 4.90 Å². The number of carboxylic acids is 1. The smallest absolute Gasteiger partial charge is 0.410 e. The van der Waals surface area contributed by atoms with Gasteiger partial charge in [0, 0.05) is 11.6 Å². The van der Waals surface area contributed by atoms with Gasteiger partial charge in [-0.3, -0.25) is 9.69 Å². The predicted molar refractivity (Wildman–Crippen MR) is 165 cm³/mol. The number of aliphatic hydroxyl groups is 1. The van der Waals surface area contributed by atoms with Crippen LogP contribution in [0.2, 0.25) is 16.6 Å². The number of ether oxygens (including phenoxy) is 1. The molecule has 0 spiro atoms. The first kappa shape index (κ1) is 34.5. The molecule has 3 atom stereocenters. The molecule has 0 aromatic heterocycles. The summed E-state index contributed by atoms with van der Waals surface area (Å²) in [6, 6.07) is 7.51. The zero-order valence-corrected chi connectivity index (χ0v) is 27.8. The minimum Gasteiger partial charge on any atom is -0.542 e. The fourth-order valence-electron chi connectivity index (χ4n) is 6.68. The van der Waals surface area contributed by atoms with Crippen LogP contribution < -0.4 is 4.43 Å². The molecule has 0 radical (unpaired) electrons. The number of carbonyl (C=O) groups is 2. The quantitative estimate of drug-likeness (QED) is 0.268. The van der Waals surface area contributed by atoms with Crippen LogP contribution in [0.15, 0.2) is 36.4 Å². The fourth-order valence-corrected chi connectivity index (χ4v) is 12.0. The van der Waals surface area contributed by atoms with Gasteiger partial charge < -0.3 is 19.4 Å². The van der Waals surface area contributed by atoms with Gasteiger partial charge in [-0.2, -0.15) is 0 Å². The van der Waals surface area contributed by atoms with Gasteiger partial charge in [0.25, 0.3) is 8.32 Å². The lowest BCUT2D eigenvalue weighted by atomic mass is 9.83. The molecule has 1 heterocycles. The number of hydrogen-bond acceptors (Lipinski definition) is 5. The number of rotatable bonds is 10. The van der Waals surface area contributed by atoms with E-state index in [-0.39, 0.29) is 24.9 Å². The summed E-state index contributed by atoms with van der Waals surface area (Å²) in [4.78, 5) is 27.4. The minimum absolute atomic E-state index is 0.0435. The Bertz CT molecular complexity index is 1270. The van der Waals surface area contributed by atoms with E-state index in [0.717, 1.165) is 23.3 Å². The Morgan fingerprint density at radius 2 is 1.56 bits per heavy atom. The third kappa shape index (κ3) is 7.76. The van der Waals surface area contributed by atoms with Gasteiger partial charge in [-0.1, -0.05) is 53.7 Å². The lowest BCUT2D eigenvalue weighted by molar-refractivity contribution is -0.148. The average molecular weight is 620 g/mol. The Morgan fingerprint density at radius 1 is 1.00 bits per heavy atom. The molecule has 1 unspecified atom stereocenters. The van der Waals surface area contributed by atoms with Crippen molar-refractivity contribution in [2.75, 3.05) is 0 Å². The molecule has 10 heteroatoms. The van der Waals surface area contributed by atoms with Gasteiger partial charge in [0.15, 0.2) is 0 Å². The maximum atomic E-state index is 13.9. The van der Waals surface area contributed by atoms with E-state index < -0.39 is 55.7 Å². The summed E-state index contributed by atoms with van der Waals surface area (Å²) >= 11 is 0. The van der Waals surface area contributed by atoms with Gasteiger partial charge in [-0.05, 0) is 79.6 Å². The van der Waals surface area contributed by atoms with Gasteiger partial charge in [-0.15, -0.1) is 0 Å². The number of halogens is 2. The second-order valence-electron chi connectivity index (χ2n) is 13.6. The first-order chi connectivity index (χ1) is 19.9. The van der Waals surface area contributed by atoms with Gasteiger partial charge >= 0.3 is 12.1 Å². The van der Waals surface area contributed by atoms with Crippen LogP contribution in [0.1, 0.15) is 79.0 Å². The van der Waals surface area contributed by atoms with E-state index in [1.54, 1.807) is 20.8 Å². The van der Waals surface area contributed by atoms with E-state index in [9.17, 15) is 28.6 Å². The molecule has 2 aromatic rings. The predicted octanol–water partition coefficient (Wildman–Crippen LogP) is 7.49. The summed E-state index contributed by atoms with van der Waals surface area (Å²) in [7, 11) is -2.36. The highest BCUT2D eigenvalue weighted by molar-refractivity contribution is 6.78. The van der Waals surface area contributed by atoms with Crippen molar-refractivity contribution in [3.8, 4) is 5.75 Å². The van der Waals surface area contributed by atoms with Crippen molar-refractivity contribution in [3.63, 3.8) is 0 Å². The normalized spacial score (nSPS) is 17.2. The maximum absolute atomic E-state index is 13.9. The molecule has 0 saturated heterocycles. The first-order valence-corrected chi connectivity index (χ1v) is 17.2. The molecule has 7 nitrogen and oxygen atoms in total. The molecule has 0 fully saturated rings. The topological polar surface area (TPSA) is 96.3 Å². The molecule has 43 heavy (non-hydrogen) atoms. The van der Waals surface area contributed by atoms with Gasteiger partial charge in [0.2, 0.25) is 0 Å². The van der Waals surface area contributed by atoms with E-state index >= 15 is 0 Å². The van der Waals surface area contributed by atoms with Gasteiger partial charge in [-0.25, -0.2) is 13.6 Å². The Morgan fingerprint density at radius 3 is 2.05 bits per heavy atom. The molecule has 3 rings (SSSR count). The second kappa shape index (κ2) is 13.3. The molecule has 1 aliphatic heterocycles. The largest absolute Gasteiger partial charge is 0.542 e. The molecular weight excluding hydrogens is 572 g/mol. The Hall–Kier alpha value is -2.98. The molecular formula is C33H47F2NO6Si. The number of carbonyl (C=O) groups excluding carboxylic acids is 1. The van der Waals surface area contributed by atoms with Gasteiger partial charge in [0.1, 0.15) is 23.0 Å². The van der Waals surface area contributed by atoms with Crippen LogP contribution in [-0.4, -0.2) is 53.2 Å². The summed E-state index contributed by atoms with van der Waals surface area (Å²) in [5.41, 5.74) is 1.82. The number of amides is 1. The lowest BCUT2D eigenvalue weighted by Gasteiger charge is -2.45. The number of aliphatic hydroxyl groups excluding tert-OH is 1. The molecule has 1 amide bonds. The van der Waals surface area contributed by atoms with E-state index in [1.165, 1.54) is 4.90 Å². The standard InChI is InChI=1S/C33H47F2NO6Si/c1-19(2)43(20(3)4,21(5)6)42-29-12-10-11-23-16-28(36(18-27(23)29)32(40)41-33(7,8)9)30(37)26(31(38)39)15-22-13-24(34)17-25(35)14-22/h10-14,17,19-21,26,28,30,37H,15-16,18H2,1-9H3,(H,38,39)/t26-,28?,30-/m0/s1. The van der Waals surface area contributed by atoms with Crippen molar-refractivity contribution in [3.05, 3.63) is 64.7 Å². The molecule has 0 bridgehead atoms. The van der Waals surface area contributed by atoms with E-state index in [4.69, 9.17) is 9.16 Å². The van der Waals surface area contributed by atoms with Crippen molar-refractivity contribution in [2.45, 2.75) is 116 Å². The van der Waals surface area contributed by atoms with Crippen LogP contribution in [-0.2, 0) is 28.9 Å². The van der Waals surface area contributed by atoms with Crippen LogP contribution in [0.25, 0.3) is 0 Å². The SMILES string of the molecule is CC(C)[Si](Oc1cccc2c1CN(C(=O)OC(C)(C)C)C([C@@H](O)[C@H](Cc1cc(F)cc(F)c1)C(=O)O)C2)(C(C)C)C(C)C. The first-order valence-electron chi connectivity index (χ1n) is 15.0. The molecule has 0 aliphatic carbocycles. The van der Waals surface area contributed by atoms with Crippen molar-refractivity contribution in [2.24, 2.45) is 5.92 Å². The van der Waals surface area contributed by atoms with Crippen LogP contribution in [0, 0.1) is 17.6 Å². The van der Waals surface area contributed by atoms with Crippen LogP contribution in [0.4, 0.5) is 13.6 Å². The van der Waals surface area contributed by atoms with Crippen LogP contribution in [0.3, 0.4) is 0 Å². The molecule has 1 aliphatic rings. The number of nitrogens with zero attached hydrogens (tertiary/aromatic N) is 1. The summed E-state index contributed by atoms with van der Waals surface area (Å²) in [5, 5.41) is 21.7. The number of hydrogen-bond donors (Lipinski definition) is 2. The summed E-state index contributed by atoms with van der Waals surface area (Å²) < 4.78 is 40.5. The lowest BCUT2D eigenvalue weighted by Crippen LogP contribution is -2.55. The monoisotopic (exact) mass is 619 g/mol. The summed E-state index contributed by atoms with van der Waals surface area (Å²) in [5.74, 6) is -3.78. The van der Waals surface area contributed by atoms with Crippen molar-refractivity contribution in [1.29, 1.82) is 0 Å². The molecule has 2 aromatic carbocycles. The van der Waals surface area contributed by atoms with Crippen molar-refractivity contribution < 1.29 is 37.7 Å². The van der Waals surface area contributed by atoms with E-state index in [2.05, 4.69) is 41.5 Å². The highest BCUT2D eigenvalue weighted by Crippen LogP contribution is 2.45. The van der Waals surface area contributed by atoms with E-state index in [1.807, 2.05) is 18.2 Å². The number of benzene rings is 2. The molecule has 238 valence electrons. The number of aliphatic carboxylic acids is 1. The second-order valence-corrected chi connectivity index (χ2v) is 19.0. The zero-order chi connectivity index (χ0) is 32.4. The van der Waals surface area contributed by atoms with Crippen LogP contribution >= 0.6 is 0 Å². The Balaban J connectivity index is 2.08. The highest BCUT2D eigenvalue weighted by atomic mass is 28.4. The number of fused-ring (bicyclic) bond motifs is 1. The average Bonchev–Trinajstić information content (AvgIpc) is 2.86. The minimum atomic E-state index is -2.36. The molecule has 0 saturated carbocycles. The molecule has 2 N–H and O–H groups in total. The van der Waals surface area contributed by atoms with Crippen molar-refractivity contribution >= 4 is 20.4 Å². The third-order valence-electron chi connectivity index (χ3n) is 8.51. The fraction of sp³-hybridized carbons (Fsp3) is 0.576.